The van der Waals surface area contributed by atoms with E-state index in [9.17, 15) is 4.79 Å². The largest absolute Gasteiger partial charge is 0.446 e. The van der Waals surface area contributed by atoms with Crippen molar-refractivity contribution in [3.8, 4) is 5.75 Å². The van der Waals surface area contributed by atoms with E-state index in [0.717, 1.165) is 5.69 Å². The Balaban J connectivity index is 2.41. The van der Waals surface area contributed by atoms with E-state index >= 15 is 0 Å². The minimum absolute atomic E-state index is 0.300. The van der Waals surface area contributed by atoms with Gasteiger partial charge in [-0.3, -0.25) is 0 Å². The van der Waals surface area contributed by atoms with Crippen LogP contribution in [0.5, 0.6) is 5.75 Å². The van der Waals surface area contributed by atoms with Gasteiger partial charge in [-0.25, -0.2) is 4.79 Å². The molecule has 0 atom stereocenters. The molecule has 1 aliphatic rings. The molecule has 0 saturated carbocycles. The highest BCUT2D eigenvalue weighted by Crippen LogP contribution is 2.28. The molecule has 12 heavy (non-hydrogen) atoms. The van der Waals surface area contributed by atoms with Crippen molar-refractivity contribution in [1.29, 1.82) is 0 Å². The van der Waals surface area contributed by atoms with Crippen molar-refractivity contribution in [2.45, 2.75) is 0 Å². The average molecular weight is 161 g/mol. The summed E-state index contributed by atoms with van der Waals surface area (Å²) in [6.07, 6.45) is 0. The van der Waals surface area contributed by atoms with Gasteiger partial charge in [0.15, 0.2) is 11.7 Å². The summed E-state index contributed by atoms with van der Waals surface area (Å²) < 4.78 is 5.21. The van der Waals surface area contributed by atoms with E-state index in [2.05, 4.69) is 5.32 Å². The quantitative estimate of drug-likeness (QED) is 0.581. The van der Waals surface area contributed by atoms with Crippen molar-refractivity contribution in [3.05, 3.63) is 30.0 Å². The molecule has 0 saturated heterocycles. The Kier molecular flexibility index (Phi) is 1.57. The molecule has 0 amide bonds. The highest BCUT2D eigenvalue weighted by molar-refractivity contribution is 5.63. The number of rotatable bonds is 0. The monoisotopic (exact) mass is 161 g/mol. The van der Waals surface area contributed by atoms with Gasteiger partial charge >= 0.3 is 0 Å². The first kappa shape index (κ1) is 6.95. The van der Waals surface area contributed by atoms with Crippen molar-refractivity contribution >= 4 is 11.6 Å². The third-order valence-electron chi connectivity index (χ3n) is 1.67. The van der Waals surface area contributed by atoms with Crippen molar-refractivity contribution in [1.82, 2.24) is 0 Å². The van der Waals surface area contributed by atoms with Crippen LogP contribution in [-0.2, 0) is 4.79 Å². The number of benzene rings is 1. The second kappa shape index (κ2) is 2.72. The van der Waals surface area contributed by atoms with Gasteiger partial charge in [-0.1, -0.05) is 12.1 Å². The van der Waals surface area contributed by atoms with Crippen LogP contribution in [0, 0.1) is 0 Å². The zero-order chi connectivity index (χ0) is 8.39. The summed E-state index contributed by atoms with van der Waals surface area (Å²) in [7, 11) is 0. The van der Waals surface area contributed by atoms with E-state index in [1.54, 1.807) is 12.0 Å². The van der Waals surface area contributed by atoms with Crippen LogP contribution in [0.3, 0.4) is 0 Å². The molecular weight excluding hydrogens is 154 g/mol. The maximum absolute atomic E-state index is 10.2. The number of hydrogen-bond acceptors (Lipinski definition) is 3. The molecule has 0 unspecified atom stereocenters. The first-order chi connectivity index (χ1) is 5.90. The van der Waals surface area contributed by atoms with E-state index in [1.807, 2.05) is 18.2 Å². The molecule has 3 heteroatoms. The van der Waals surface area contributed by atoms with Crippen LogP contribution in [0.4, 0.5) is 5.69 Å². The van der Waals surface area contributed by atoms with Crippen LogP contribution < -0.4 is 10.1 Å². The summed E-state index contributed by atoms with van der Waals surface area (Å²) in [6.45, 7) is 0.417. The van der Waals surface area contributed by atoms with Gasteiger partial charge in [0.1, 0.15) is 0 Å². The van der Waals surface area contributed by atoms with Crippen LogP contribution in [0.25, 0.3) is 0 Å². The fourth-order valence-electron chi connectivity index (χ4n) is 1.10. The molecule has 1 aromatic rings. The number of fused-ring (bicyclic) bond motifs is 1. The number of anilines is 1. The van der Waals surface area contributed by atoms with Crippen LogP contribution >= 0.6 is 0 Å². The molecule has 1 aliphatic heterocycles. The average Bonchev–Trinajstić information content (AvgIpc) is 2.17. The SMILES string of the molecule is O=C=C1CNc2ccccc2O1. The predicted octanol–water partition coefficient (Wildman–Crippen LogP) is 1.21. The minimum Gasteiger partial charge on any atom is -0.446 e. The normalized spacial score (nSPS) is 13.8. The molecule has 0 aliphatic carbocycles. The first-order valence-electron chi connectivity index (χ1n) is 3.65. The van der Waals surface area contributed by atoms with E-state index in [1.165, 1.54) is 0 Å². The maximum atomic E-state index is 10.2. The number of carbonyl (C=O) groups excluding carboxylic acids is 1. The van der Waals surface area contributed by atoms with Gasteiger partial charge in [0.25, 0.3) is 0 Å². The molecular formula is C9H7NO2. The lowest BCUT2D eigenvalue weighted by molar-refractivity contribution is 0.412. The predicted molar refractivity (Wildman–Crippen MR) is 44.8 cm³/mol. The summed E-state index contributed by atoms with van der Waals surface area (Å²) in [4.78, 5) is 10.2. The fourth-order valence-corrected chi connectivity index (χ4v) is 1.10. The van der Waals surface area contributed by atoms with Gasteiger partial charge in [0, 0.05) is 0 Å². The Hall–Kier alpha value is -1.73. The van der Waals surface area contributed by atoms with Gasteiger partial charge in [0.2, 0.25) is 5.76 Å². The molecule has 1 aromatic carbocycles. The zero-order valence-electron chi connectivity index (χ0n) is 6.33. The van der Waals surface area contributed by atoms with E-state index in [4.69, 9.17) is 4.74 Å². The highest BCUT2D eigenvalue weighted by atomic mass is 16.5. The van der Waals surface area contributed by atoms with Crippen LogP contribution in [0.1, 0.15) is 0 Å². The van der Waals surface area contributed by atoms with Crippen molar-refractivity contribution in [3.63, 3.8) is 0 Å². The smallest absolute Gasteiger partial charge is 0.206 e. The van der Waals surface area contributed by atoms with Crippen LogP contribution in [-0.4, -0.2) is 12.5 Å². The molecule has 1 N–H and O–H groups in total. The van der Waals surface area contributed by atoms with Gasteiger partial charge in [-0.2, -0.15) is 0 Å². The number of nitrogens with one attached hydrogen (secondary N) is 1. The molecule has 1 heterocycles. The first-order valence-corrected chi connectivity index (χ1v) is 3.65. The lowest BCUT2D eigenvalue weighted by Gasteiger charge is -2.18. The fraction of sp³-hybridized carbons (Fsp3) is 0.111. The third kappa shape index (κ3) is 1.06. The molecule has 0 radical (unpaired) electrons. The van der Waals surface area contributed by atoms with Gasteiger partial charge < -0.3 is 10.1 Å². The molecule has 0 aromatic heterocycles. The number of ether oxygens (including phenoxy) is 1. The van der Waals surface area contributed by atoms with E-state index in [-0.39, 0.29) is 0 Å². The Morgan fingerprint density at radius 2 is 2.25 bits per heavy atom. The lowest BCUT2D eigenvalue weighted by atomic mass is 10.2. The highest BCUT2D eigenvalue weighted by Gasteiger charge is 2.12. The Labute approximate surface area is 69.7 Å². The van der Waals surface area contributed by atoms with Crippen molar-refractivity contribution in [2.75, 3.05) is 11.9 Å². The summed E-state index contributed by atoms with van der Waals surface area (Å²) in [5, 5.41) is 3.04. The second-order valence-electron chi connectivity index (χ2n) is 2.48. The Morgan fingerprint density at radius 1 is 1.42 bits per heavy atom. The van der Waals surface area contributed by atoms with Gasteiger partial charge in [-0.15, -0.1) is 0 Å². The summed E-state index contributed by atoms with van der Waals surface area (Å²) >= 11 is 0. The van der Waals surface area contributed by atoms with Crippen molar-refractivity contribution < 1.29 is 9.53 Å². The van der Waals surface area contributed by atoms with E-state index in [0.29, 0.717) is 18.1 Å². The van der Waals surface area contributed by atoms with Gasteiger partial charge in [-0.05, 0) is 12.1 Å². The van der Waals surface area contributed by atoms with Crippen LogP contribution in [0.2, 0.25) is 0 Å². The molecule has 3 nitrogen and oxygen atoms in total. The third-order valence-corrected chi connectivity index (χ3v) is 1.67. The topological polar surface area (TPSA) is 38.3 Å². The van der Waals surface area contributed by atoms with Gasteiger partial charge in [0.05, 0.1) is 12.2 Å². The standard InChI is InChI=1S/C9H7NO2/c11-6-7-5-10-8-3-1-2-4-9(8)12-7/h1-4,10H,5H2. The summed E-state index contributed by atoms with van der Waals surface area (Å²) in [6, 6.07) is 7.47. The maximum Gasteiger partial charge on any atom is 0.206 e. The summed E-state index contributed by atoms with van der Waals surface area (Å²) in [5.41, 5.74) is 0.913. The Morgan fingerprint density at radius 3 is 3.08 bits per heavy atom. The summed E-state index contributed by atoms with van der Waals surface area (Å²) in [5.74, 6) is 2.71. The van der Waals surface area contributed by atoms with Crippen molar-refractivity contribution in [2.24, 2.45) is 0 Å². The zero-order valence-corrected chi connectivity index (χ0v) is 6.33. The van der Waals surface area contributed by atoms with E-state index < -0.39 is 0 Å². The number of hydrogen-bond donors (Lipinski definition) is 1. The molecule has 0 spiro atoms. The second-order valence-corrected chi connectivity index (χ2v) is 2.48. The minimum atomic E-state index is 0.300. The molecule has 2 rings (SSSR count). The Bertz CT molecular complexity index is 353. The van der Waals surface area contributed by atoms with Crippen LogP contribution in [0.15, 0.2) is 30.0 Å². The molecule has 0 bridgehead atoms. The number of para-hydroxylation sites is 2. The molecule has 0 fully saturated rings. The lowest BCUT2D eigenvalue weighted by Crippen LogP contribution is -2.16. The molecule has 60 valence electrons.